The number of benzene rings is 2. The molecule has 0 saturated carbocycles. The number of ether oxygens (including phenoxy) is 1. The van der Waals surface area contributed by atoms with E-state index >= 15 is 0 Å². The molecule has 0 heterocycles. The minimum Gasteiger partial charge on any atom is -0.495 e. The fourth-order valence-corrected chi connectivity index (χ4v) is 4.19. The standard InChI is InChI=1S/C19H23N3O6S/c1-12-6-8-14(11-15(12)22(24)25)20-18(23)13-7-9-16(28-5)17(10-13)29(26,27)21-19(2,3)4/h6-11,21H,1-5H3,(H,20,23). The Morgan fingerprint density at radius 1 is 1.14 bits per heavy atom. The molecule has 0 bridgehead atoms. The number of nitrogens with one attached hydrogen (secondary N) is 2. The Balaban J connectivity index is 2.40. The van der Waals surface area contributed by atoms with Gasteiger partial charge in [0.1, 0.15) is 10.6 Å². The van der Waals surface area contributed by atoms with Crippen LogP contribution < -0.4 is 14.8 Å². The van der Waals surface area contributed by atoms with Crippen LogP contribution >= 0.6 is 0 Å². The first kappa shape index (κ1) is 22.3. The zero-order valence-electron chi connectivity index (χ0n) is 16.8. The summed E-state index contributed by atoms with van der Waals surface area (Å²) in [6.45, 7) is 6.67. The number of aryl methyl sites for hydroxylation is 1. The number of nitro benzene ring substituents is 1. The van der Waals surface area contributed by atoms with E-state index in [0.717, 1.165) is 0 Å². The minimum absolute atomic E-state index is 0.0586. The van der Waals surface area contributed by atoms with E-state index in [9.17, 15) is 23.3 Å². The molecule has 2 rings (SSSR count). The number of amides is 1. The highest BCUT2D eigenvalue weighted by Crippen LogP contribution is 2.27. The maximum Gasteiger partial charge on any atom is 0.274 e. The molecular formula is C19H23N3O6S. The van der Waals surface area contributed by atoms with E-state index in [-0.39, 0.29) is 27.6 Å². The molecule has 0 radical (unpaired) electrons. The third-order valence-electron chi connectivity index (χ3n) is 3.82. The Hall–Kier alpha value is -2.98. The monoisotopic (exact) mass is 421 g/mol. The normalized spacial score (nSPS) is 11.8. The minimum atomic E-state index is -3.96. The number of nitro groups is 1. The molecule has 2 aromatic carbocycles. The van der Waals surface area contributed by atoms with Gasteiger partial charge in [0.2, 0.25) is 10.0 Å². The van der Waals surface area contributed by atoms with Gasteiger partial charge in [-0.1, -0.05) is 6.07 Å². The maximum absolute atomic E-state index is 12.7. The average molecular weight is 421 g/mol. The largest absolute Gasteiger partial charge is 0.495 e. The lowest BCUT2D eigenvalue weighted by Gasteiger charge is -2.21. The van der Waals surface area contributed by atoms with Crippen molar-refractivity contribution in [1.29, 1.82) is 0 Å². The van der Waals surface area contributed by atoms with Crippen LogP contribution in [0.3, 0.4) is 0 Å². The van der Waals surface area contributed by atoms with Gasteiger partial charge in [0, 0.05) is 28.4 Å². The Morgan fingerprint density at radius 3 is 2.34 bits per heavy atom. The number of sulfonamides is 1. The summed E-state index contributed by atoms with van der Waals surface area (Å²) in [7, 11) is -2.63. The van der Waals surface area contributed by atoms with Crippen molar-refractivity contribution in [1.82, 2.24) is 4.72 Å². The molecule has 0 aliphatic heterocycles. The first-order valence-electron chi connectivity index (χ1n) is 8.62. The predicted octanol–water partition coefficient (Wildman–Crippen LogP) is 3.24. The molecule has 29 heavy (non-hydrogen) atoms. The van der Waals surface area contributed by atoms with Crippen molar-refractivity contribution in [2.75, 3.05) is 12.4 Å². The number of anilines is 1. The van der Waals surface area contributed by atoms with E-state index in [4.69, 9.17) is 4.74 Å². The van der Waals surface area contributed by atoms with Gasteiger partial charge in [-0.15, -0.1) is 0 Å². The molecule has 0 saturated heterocycles. The molecule has 0 unspecified atom stereocenters. The zero-order chi connectivity index (χ0) is 22.0. The summed E-state index contributed by atoms with van der Waals surface area (Å²) in [5.41, 5.74) is -0.124. The van der Waals surface area contributed by atoms with Crippen LogP contribution in [0.4, 0.5) is 11.4 Å². The van der Waals surface area contributed by atoms with Gasteiger partial charge in [-0.3, -0.25) is 14.9 Å². The van der Waals surface area contributed by atoms with Gasteiger partial charge in [-0.2, -0.15) is 0 Å². The van der Waals surface area contributed by atoms with Gasteiger partial charge >= 0.3 is 0 Å². The molecule has 0 spiro atoms. The first-order valence-corrected chi connectivity index (χ1v) is 10.1. The first-order chi connectivity index (χ1) is 13.3. The summed E-state index contributed by atoms with van der Waals surface area (Å²) < 4.78 is 33.1. The summed E-state index contributed by atoms with van der Waals surface area (Å²) in [5.74, 6) is -0.526. The summed E-state index contributed by atoms with van der Waals surface area (Å²) >= 11 is 0. The molecule has 0 aliphatic carbocycles. The zero-order valence-corrected chi connectivity index (χ0v) is 17.6. The number of carbonyl (C=O) groups is 1. The number of hydrogen-bond acceptors (Lipinski definition) is 6. The van der Waals surface area contributed by atoms with Crippen molar-refractivity contribution in [2.24, 2.45) is 0 Å². The second kappa shape index (κ2) is 8.18. The summed E-state index contributed by atoms with van der Waals surface area (Å²) in [4.78, 5) is 23.0. The van der Waals surface area contributed by atoms with Crippen molar-refractivity contribution >= 4 is 27.3 Å². The lowest BCUT2D eigenvalue weighted by molar-refractivity contribution is -0.385. The van der Waals surface area contributed by atoms with E-state index in [1.807, 2.05) is 0 Å². The fraction of sp³-hybridized carbons (Fsp3) is 0.316. The van der Waals surface area contributed by atoms with Crippen LogP contribution in [0.25, 0.3) is 0 Å². The number of hydrogen-bond donors (Lipinski definition) is 2. The summed E-state index contributed by atoms with van der Waals surface area (Å²) in [6, 6.07) is 8.28. The van der Waals surface area contributed by atoms with Gasteiger partial charge in [-0.05, 0) is 52.0 Å². The molecule has 156 valence electrons. The van der Waals surface area contributed by atoms with Gasteiger partial charge < -0.3 is 10.1 Å². The number of nitrogens with zero attached hydrogens (tertiary/aromatic N) is 1. The molecule has 0 aromatic heterocycles. The number of carbonyl (C=O) groups excluding carboxylic acids is 1. The van der Waals surface area contributed by atoms with Crippen LogP contribution in [0.5, 0.6) is 5.75 Å². The van der Waals surface area contributed by atoms with Crippen LogP contribution in [0.1, 0.15) is 36.7 Å². The molecule has 2 aromatic rings. The van der Waals surface area contributed by atoms with Crippen LogP contribution in [0.15, 0.2) is 41.3 Å². The topological polar surface area (TPSA) is 128 Å². The molecule has 9 nitrogen and oxygen atoms in total. The lowest BCUT2D eigenvalue weighted by atomic mass is 10.1. The van der Waals surface area contributed by atoms with Crippen molar-refractivity contribution in [3.05, 3.63) is 57.6 Å². The molecule has 0 fully saturated rings. The van der Waals surface area contributed by atoms with E-state index < -0.39 is 26.4 Å². The van der Waals surface area contributed by atoms with E-state index in [1.165, 1.54) is 43.5 Å². The highest BCUT2D eigenvalue weighted by atomic mass is 32.2. The SMILES string of the molecule is COc1ccc(C(=O)Nc2ccc(C)c([N+](=O)[O-])c2)cc1S(=O)(=O)NC(C)(C)C. The van der Waals surface area contributed by atoms with Crippen LogP contribution in [-0.4, -0.2) is 31.9 Å². The quantitative estimate of drug-likeness (QED) is 0.544. The third kappa shape index (κ3) is 5.52. The van der Waals surface area contributed by atoms with Crippen LogP contribution in [0.2, 0.25) is 0 Å². The smallest absolute Gasteiger partial charge is 0.274 e. The molecule has 0 aliphatic rings. The Kier molecular flexibility index (Phi) is 6.29. The Morgan fingerprint density at radius 2 is 1.79 bits per heavy atom. The molecule has 10 heteroatoms. The molecular weight excluding hydrogens is 398 g/mol. The van der Waals surface area contributed by atoms with Gasteiger partial charge in [0.05, 0.1) is 12.0 Å². The predicted molar refractivity (Wildman–Crippen MR) is 109 cm³/mol. The highest BCUT2D eigenvalue weighted by molar-refractivity contribution is 7.89. The van der Waals surface area contributed by atoms with Crippen LogP contribution in [0, 0.1) is 17.0 Å². The number of rotatable bonds is 6. The number of methoxy groups -OCH3 is 1. The van der Waals surface area contributed by atoms with Crippen molar-refractivity contribution in [3.63, 3.8) is 0 Å². The van der Waals surface area contributed by atoms with Crippen molar-refractivity contribution in [3.8, 4) is 5.75 Å². The van der Waals surface area contributed by atoms with Gasteiger partial charge in [0.25, 0.3) is 11.6 Å². The molecule has 0 atom stereocenters. The Labute approximate surface area is 169 Å². The maximum atomic E-state index is 12.7. The molecule has 1 amide bonds. The third-order valence-corrected chi connectivity index (χ3v) is 5.60. The van der Waals surface area contributed by atoms with Gasteiger partial charge in [-0.25, -0.2) is 13.1 Å². The summed E-state index contributed by atoms with van der Waals surface area (Å²) in [5, 5.41) is 13.6. The molecule has 2 N–H and O–H groups in total. The lowest BCUT2D eigenvalue weighted by Crippen LogP contribution is -2.40. The Bertz CT molecular complexity index is 1060. The van der Waals surface area contributed by atoms with E-state index in [0.29, 0.717) is 5.56 Å². The highest BCUT2D eigenvalue weighted by Gasteiger charge is 2.26. The van der Waals surface area contributed by atoms with E-state index in [1.54, 1.807) is 27.7 Å². The second-order valence-electron chi connectivity index (χ2n) is 7.43. The van der Waals surface area contributed by atoms with Crippen molar-refractivity contribution in [2.45, 2.75) is 38.1 Å². The van der Waals surface area contributed by atoms with E-state index in [2.05, 4.69) is 10.0 Å². The average Bonchev–Trinajstić information content (AvgIpc) is 2.60. The van der Waals surface area contributed by atoms with Crippen LogP contribution in [-0.2, 0) is 10.0 Å². The van der Waals surface area contributed by atoms with Gasteiger partial charge in [0.15, 0.2) is 0 Å². The second-order valence-corrected chi connectivity index (χ2v) is 9.08. The summed E-state index contributed by atoms with van der Waals surface area (Å²) in [6.07, 6.45) is 0. The fourth-order valence-electron chi connectivity index (χ4n) is 2.57. The van der Waals surface area contributed by atoms with Crippen molar-refractivity contribution < 1.29 is 22.9 Å².